The zero-order chi connectivity index (χ0) is 30.2. The number of aliphatic hydroxyl groups is 2. The van der Waals surface area contributed by atoms with Gasteiger partial charge < -0.3 is 29.7 Å². The lowest BCUT2D eigenvalue weighted by Crippen LogP contribution is -2.47. The van der Waals surface area contributed by atoms with Gasteiger partial charge in [0.25, 0.3) is 0 Å². The van der Waals surface area contributed by atoms with Gasteiger partial charge >= 0.3 is 0 Å². The average molecular weight is 589 g/mol. The Bertz CT molecular complexity index is 1070. The van der Waals surface area contributed by atoms with Gasteiger partial charge in [-0.05, 0) is 74.1 Å². The van der Waals surface area contributed by atoms with Gasteiger partial charge in [-0.15, -0.1) is 0 Å². The lowest BCUT2D eigenvalue weighted by atomic mass is 10.0. The first-order valence-electron chi connectivity index (χ1n) is 14.8. The molecule has 2 aromatic rings. The first kappa shape index (κ1) is 33.5. The molecule has 9 nitrogen and oxygen atoms in total. The van der Waals surface area contributed by atoms with Crippen LogP contribution in [0.5, 0.6) is 11.5 Å². The minimum absolute atomic E-state index is 0.00887. The van der Waals surface area contributed by atoms with Crippen molar-refractivity contribution in [1.82, 2.24) is 10.2 Å². The van der Waals surface area contributed by atoms with Crippen molar-refractivity contribution in [3.8, 4) is 11.5 Å². The van der Waals surface area contributed by atoms with Gasteiger partial charge in [0.2, 0.25) is 5.91 Å². The summed E-state index contributed by atoms with van der Waals surface area (Å²) in [6.45, 7) is 2.56. The average Bonchev–Trinajstić information content (AvgIpc) is 3.41. The van der Waals surface area contributed by atoms with Gasteiger partial charge in [-0.3, -0.25) is 18.9 Å². The number of nitrogens with one attached hydrogen (secondary N) is 1. The van der Waals surface area contributed by atoms with Crippen molar-refractivity contribution in [3.63, 3.8) is 0 Å². The Balaban J connectivity index is 1.47. The number of β-amino-alcohol motifs (C(OH)–C–C–N with tert-alkyl or cyclic N) is 1. The summed E-state index contributed by atoms with van der Waals surface area (Å²) in [5.41, 5.74) is 1.24. The zero-order valence-electron chi connectivity index (χ0n) is 24.5. The van der Waals surface area contributed by atoms with Crippen LogP contribution < -0.4 is 14.8 Å². The van der Waals surface area contributed by atoms with E-state index in [1.807, 2.05) is 4.90 Å². The predicted molar refractivity (Wildman–Crippen MR) is 158 cm³/mol. The van der Waals surface area contributed by atoms with Gasteiger partial charge in [0.1, 0.15) is 24.2 Å². The Morgan fingerprint density at radius 2 is 1.62 bits per heavy atom. The fourth-order valence-electron chi connectivity index (χ4n) is 4.84. The van der Waals surface area contributed by atoms with Crippen molar-refractivity contribution in [2.24, 2.45) is 0 Å². The molecule has 0 unspecified atom stereocenters. The number of nitrogens with zero attached hydrogens (tertiary/aromatic N) is 1. The van der Waals surface area contributed by atoms with Crippen LogP contribution in [0.4, 0.5) is 4.39 Å². The van der Waals surface area contributed by atoms with Crippen LogP contribution in [0.3, 0.4) is 0 Å². The smallest absolute Gasteiger partial charge is 0.220 e. The van der Waals surface area contributed by atoms with Gasteiger partial charge in [-0.1, -0.05) is 12.1 Å². The molecule has 0 radical (unpaired) electrons. The van der Waals surface area contributed by atoms with Crippen molar-refractivity contribution >= 4 is 11.7 Å². The molecule has 3 N–H and O–H groups in total. The second-order valence-electron chi connectivity index (χ2n) is 10.6. The van der Waals surface area contributed by atoms with Crippen LogP contribution in [0.2, 0.25) is 0 Å². The molecule has 1 saturated heterocycles. The van der Waals surface area contributed by atoms with Crippen LogP contribution >= 0.6 is 0 Å². The molecule has 0 spiro atoms. The van der Waals surface area contributed by atoms with Crippen molar-refractivity contribution in [2.45, 2.75) is 63.2 Å². The van der Waals surface area contributed by atoms with E-state index < -0.39 is 18.2 Å². The SMILES string of the molecule is COCCOc1ccc(C(=O)CCCCC(=O)N[C@H](CN2CC[C@H](O)C2)[C@H](O)c2ccc(OCCCCF)cc2)cc1. The van der Waals surface area contributed by atoms with E-state index in [-0.39, 0.29) is 24.8 Å². The molecule has 3 atom stereocenters. The van der Waals surface area contributed by atoms with E-state index in [2.05, 4.69) is 5.32 Å². The van der Waals surface area contributed by atoms with E-state index in [9.17, 15) is 24.2 Å². The van der Waals surface area contributed by atoms with Crippen LogP contribution in [0.1, 0.15) is 67.0 Å². The molecule has 1 fully saturated rings. The lowest BCUT2D eigenvalue weighted by Gasteiger charge is -2.29. The molecule has 0 saturated carbocycles. The molecule has 232 valence electrons. The summed E-state index contributed by atoms with van der Waals surface area (Å²) in [4.78, 5) is 27.5. The molecule has 0 aliphatic carbocycles. The molecule has 1 heterocycles. The van der Waals surface area contributed by atoms with Crippen molar-refractivity contribution in [3.05, 3.63) is 59.7 Å². The molecule has 1 aliphatic rings. The number of hydrogen-bond donors (Lipinski definition) is 3. The number of likely N-dealkylation sites (tertiary alicyclic amines) is 1. The van der Waals surface area contributed by atoms with E-state index in [1.54, 1.807) is 55.6 Å². The van der Waals surface area contributed by atoms with Gasteiger partial charge in [0.15, 0.2) is 5.78 Å². The highest BCUT2D eigenvalue weighted by molar-refractivity contribution is 5.96. The van der Waals surface area contributed by atoms with Crippen LogP contribution in [0, 0.1) is 0 Å². The quantitative estimate of drug-likeness (QED) is 0.158. The summed E-state index contributed by atoms with van der Waals surface area (Å²) in [5, 5.41) is 24.1. The first-order chi connectivity index (χ1) is 20.4. The Morgan fingerprint density at radius 1 is 0.952 bits per heavy atom. The van der Waals surface area contributed by atoms with E-state index in [0.29, 0.717) is 101 Å². The van der Waals surface area contributed by atoms with Gasteiger partial charge in [0, 0.05) is 45.1 Å². The number of alkyl halides is 1. The van der Waals surface area contributed by atoms with Crippen LogP contribution in [0.25, 0.3) is 0 Å². The normalized spacial score (nSPS) is 16.6. The maximum atomic E-state index is 12.9. The molecular weight excluding hydrogens is 543 g/mol. The van der Waals surface area contributed by atoms with E-state index in [0.717, 1.165) is 0 Å². The number of Topliss-reactive ketones (excluding diaryl/α,β-unsaturated/α-hetero) is 1. The highest BCUT2D eigenvalue weighted by Crippen LogP contribution is 2.23. The van der Waals surface area contributed by atoms with E-state index >= 15 is 0 Å². The highest BCUT2D eigenvalue weighted by atomic mass is 19.1. The summed E-state index contributed by atoms with van der Waals surface area (Å²) in [6.07, 6.45) is 2.03. The number of rotatable bonds is 20. The molecule has 1 amide bonds. The van der Waals surface area contributed by atoms with Gasteiger partial charge in [-0.2, -0.15) is 0 Å². The molecule has 0 bridgehead atoms. The molecule has 0 aromatic heterocycles. The molecule has 42 heavy (non-hydrogen) atoms. The molecule has 2 aromatic carbocycles. The number of halogens is 1. The maximum absolute atomic E-state index is 12.9. The molecule has 10 heteroatoms. The Kier molecular flexibility index (Phi) is 14.7. The highest BCUT2D eigenvalue weighted by Gasteiger charge is 2.29. The summed E-state index contributed by atoms with van der Waals surface area (Å²) in [6, 6.07) is 13.5. The first-order valence-corrected chi connectivity index (χ1v) is 14.8. The number of benzene rings is 2. The number of aliphatic hydroxyl groups excluding tert-OH is 2. The lowest BCUT2D eigenvalue weighted by molar-refractivity contribution is -0.123. The largest absolute Gasteiger partial charge is 0.494 e. The van der Waals surface area contributed by atoms with E-state index in [4.69, 9.17) is 14.2 Å². The van der Waals surface area contributed by atoms with Crippen molar-refractivity contribution in [1.29, 1.82) is 0 Å². The fraction of sp³-hybridized carbons (Fsp3) is 0.562. The number of unbranched alkanes of at least 4 members (excludes halogenated alkanes) is 2. The Morgan fingerprint density at radius 3 is 2.26 bits per heavy atom. The fourth-order valence-corrected chi connectivity index (χ4v) is 4.84. The third kappa shape index (κ3) is 11.7. The molecule has 3 rings (SSSR count). The summed E-state index contributed by atoms with van der Waals surface area (Å²) in [5.74, 6) is 1.12. The standard InChI is InChI=1S/C32H45FN2O7/c1-40-20-21-42-28-12-8-24(9-13-28)30(37)6-2-3-7-31(38)34-29(23-35-18-16-26(36)22-35)32(39)25-10-14-27(15-11-25)41-19-5-4-17-33/h8-15,26,29,32,36,39H,2-7,16-23H2,1H3,(H,34,38)/t26-,29+,32+/m0/s1. The van der Waals surface area contributed by atoms with Gasteiger partial charge in [-0.25, -0.2) is 0 Å². The third-order valence-electron chi connectivity index (χ3n) is 7.24. The van der Waals surface area contributed by atoms with Crippen LogP contribution in [0.15, 0.2) is 48.5 Å². The topological polar surface area (TPSA) is 118 Å². The monoisotopic (exact) mass is 588 g/mol. The maximum Gasteiger partial charge on any atom is 0.220 e. The summed E-state index contributed by atoms with van der Waals surface area (Å²) >= 11 is 0. The van der Waals surface area contributed by atoms with Gasteiger partial charge in [0.05, 0.1) is 32.0 Å². The Hall–Kier alpha value is -3.05. The number of carbonyl (C=O) groups is 2. The summed E-state index contributed by atoms with van der Waals surface area (Å²) < 4.78 is 28.4. The number of amides is 1. The summed E-state index contributed by atoms with van der Waals surface area (Å²) in [7, 11) is 1.61. The number of methoxy groups -OCH3 is 1. The molecule has 1 aliphatic heterocycles. The number of carbonyl (C=O) groups excluding carboxylic acids is 2. The minimum Gasteiger partial charge on any atom is -0.494 e. The number of hydrogen-bond acceptors (Lipinski definition) is 8. The Labute approximate surface area is 248 Å². The van der Waals surface area contributed by atoms with Crippen molar-refractivity contribution in [2.75, 3.05) is 53.2 Å². The second kappa shape index (κ2) is 18.5. The van der Waals surface area contributed by atoms with Crippen LogP contribution in [-0.2, 0) is 9.53 Å². The third-order valence-corrected chi connectivity index (χ3v) is 7.24. The minimum atomic E-state index is -0.963. The van der Waals surface area contributed by atoms with Crippen molar-refractivity contribution < 1.29 is 38.4 Å². The number of ether oxygens (including phenoxy) is 3. The second-order valence-corrected chi connectivity index (χ2v) is 10.6. The number of ketones is 1. The molecular formula is C32H45FN2O7. The predicted octanol–water partition coefficient (Wildman–Crippen LogP) is 3.87. The zero-order valence-corrected chi connectivity index (χ0v) is 24.5. The van der Waals surface area contributed by atoms with E-state index in [1.165, 1.54) is 0 Å². The van der Waals surface area contributed by atoms with Crippen LogP contribution in [-0.4, -0.2) is 92.2 Å².